The lowest BCUT2D eigenvalue weighted by Crippen LogP contribution is -2.12. The smallest absolute Gasteiger partial charge is 0.265 e. The van der Waals surface area contributed by atoms with E-state index < -0.39 is 9.84 Å². The summed E-state index contributed by atoms with van der Waals surface area (Å²) in [6.45, 7) is 1.78. The molecule has 0 radical (unpaired) electrons. The molecule has 0 unspecified atom stereocenters. The largest absolute Gasteiger partial charge is 0.321 e. The molecule has 0 bridgehead atoms. The van der Waals surface area contributed by atoms with Gasteiger partial charge in [0.2, 0.25) is 0 Å². The van der Waals surface area contributed by atoms with Gasteiger partial charge in [-0.1, -0.05) is 6.07 Å². The summed E-state index contributed by atoms with van der Waals surface area (Å²) >= 11 is 1.25. The number of aryl methyl sites for hydroxylation is 1. The summed E-state index contributed by atoms with van der Waals surface area (Å²) in [7, 11) is -3.36. The van der Waals surface area contributed by atoms with Gasteiger partial charge in [-0.3, -0.25) is 4.79 Å². The number of fused-ring (bicyclic) bond motifs is 1. The number of rotatable bonds is 3. The van der Waals surface area contributed by atoms with E-state index in [2.05, 4.69) is 5.32 Å². The Bertz CT molecular complexity index is 1050. The molecule has 0 saturated heterocycles. The van der Waals surface area contributed by atoms with Crippen LogP contribution in [0.4, 0.5) is 10.1 Å². The van der Waals surface area contributed by atoms with Crippen LogP contribution in [0.2, 0.25) is 0 Å². The first-order valence-corrected chi connectivity index (χ1v) is 9.76. The molecule has 1 aromatic heterocycles. The Labute approximate surface area is 142 Å². The molecule has 3 rings (SSSR count). The van der Waals surface area contributed by atoms with E-state index in [1.165, 1.54) is 35.6 Å². The maximum atomic E-state index is 13.3. The summed E-state index contributed by atoms with van der Waals surface area (Å²) in [6, 6.07) is 10.6. The number of sulfone groups is 1. The van der Waals surface area contributed by atoms with Crippen LogP contribution in [0, 0.1) is 12.7 Å². The summed E-state index contributed by atoms with van der Waals surface area (Å²) in [6.07, 6.45) is 1.11. The van der Waals surface area contributed by atoms with Gasteiger partial charge in [-0.15, -0.1) is 11.3 Å². The molecule has 0 saturated carbocycles. The van der Waals surface area contributed by atoms with Crippen LogP contribution in [0.3, 0.4) is 0 Å². The molecule has 0 fully saturated rings. The molecule has 0 aliphatic carbocycles. The van der Waals surface area contributed by atoms with Gasteiger partial charge in [-0.2, -0.15) is 0 Å². The van der Waals surface area contributed by atoms with E-state index in [0.29, 0.717) is 16.0 Å². The molecular formula is C17H14FNO3S2. The Morgan fingerprint density at radius 3 is 2.58 bits per heavy atom. The first kappa shape index (κ1) is 16.6. The fourth-order valence-corrected chi connectivity index (χ4v) is 3.86. The standard InChI is InChI=1S/C17H14FNO3S2/c1-10-3-5-13(24(2,21)22)9-14(10)19-17(20)16-8-11-7-12(18)4-6-15(11)23-16/h3-9H,1-2H3,(H,19,20). The summed E-state index contributed by atoms with van der Waals surface area (Å²) in [5, 5.41) is 3.39. The van der Waals surface area contributed by atoms with E-state index >= 15 is 0 Å². The number of thiophene rings is 1. The van der Waals surface area contributed by atoms with Crippen molar-refractivity contribution in [3.63, 3.8) is 0 Å². The summed E-state index contributed by atoms with van der Waals surface area (Å²) in [5.74, 6) is -0.714. The average molecular weight is 363 g/mol. The van der Waals surface area contributed by atoms with Crippen molar-refractivity contribution >= 4 is 42.9 Å². The highest BCUT2D eigenvalue weighted by molar-refractivity contribution is 7.90. The first-order valence-electron chi connectivity index (χ1n) is 7.05. The number of hydrogen-bond acceptors (Lipinski definition) is 4. The molecule has 0 aliphatic rings. The van der Waals surface area contributed by atoms with E-state index in [-0.39, 0.29) is 16.6 Å². The zero-order chi connectivity index (χ0) is 17.5. The molecule has 1 N–H and O–H groups in total. The van der Waals surface area contributed by atoms with Crippen molar-refractivity contribution in [2.75, 3.05) is 11.6 Å². The van der Waals surface area contributed by atoms with Gasteiger partial charge in [0.1, 0.15) is 5.82 Å². The Hall–Kier alpha value is -2.25. The van der Waals surface area contributed by atoms with Crippen molar-refractivity contribution in [1.29, 1.82) is 0 Å². The van der Waals surface area contributed by atoms with Crippen molar-refractivity contribution in [2.45, 2.75) is 11.8 Å². The van der Waals surface area contributed by atoms with Crippen molar-refractivity contribution in [3.05, 3.63) is 58.7 Å². The lowest BCUT2D eigenvalue weighted by Gasteiger charge is -2.09. The summed E-state index contributed by atoms with van der Waals surface area (Å²) < 4.78 is 37.4. The second-order valence-corrected chi connectivity index (χ2v) is 8.60. The van der Waals surface area contributed by atoms with Crippen molar-refractivity contribution < 1.29 is 17.6 Å². The Kier molecular flexibility index (Phi) is 4.15. The van der Waals surface area contributed by atoms with Crippen LogP contribution in [0.5, 0.6) is 0 Å². The topological polar surface area (TPSA) is 63.2 Å². The van der Waals surface area contributed by atoms with Crippen LogP contribution in [-0.2, 0) is 9.84 Å². The molecule has 124 valence electrons. The zero-order valence-electron chi connectivity index (χ0n) is 13.0. The number of anilines is 1. The fraction of sp³-hybridized carbons (Fsp3) is 0.118. The van der Waals surface area contributed by atoms with Gasteiger partial charge in [0.15, 0.2) is 9.84 Å². The van der Waals surface area contributed by atoms with E-state index in [4.69, 9.17) is 0 Å². The SMILES string of the molecule is Cc1ccc(S(C)(=O)=O)cc1NC(=O)c1cc2cc(F)ccc2s1. The fourth-order valence-electron chi connectivity index (χ4n) is 2.28. The molecule has 24 heavy (non-hydrogen) atoms. The maximum Gasteiger partial charge on any atom is 0.265 e. The van der Waals surface area contributed by atoms with Gasteiger partial charge in [0, 0.05) is 16.6 Å². The quantitative estimate of drug-likeness (QED) is 0.765. The Morgan fingerprint density at radius 1 is 1.12 bits per heavy atom. The third-order valence-electron chi connectivity index (χ3n) is 3.59. The number of hydrogen-bond donors (Lipinski definition) is 1. The number of carbonyl (C=O) groups excluding carboxylic acids is 1. The summed E-state index contributed by atoms with van der Waals surface area (Å²) in [4.78, 5) is 13.0. The third-order valence-corrected chi connectivity index (χ3v) is 5.81. The summed E-state index contributed by atoms with van der Waals surface area (Å²) in [5.41, 5.74) is 1.19. The molecule has 2 aromatic carbocycles. The van der Waals surface area contributed by atoms with Gasteiger partial charge in [0.25, 0.3) is 5.91 Å². The predicted octanol–water partition coefficient (Wildman–Crippen LogP) is 4.00. The molecule has 7 heteroatoms. The van der Waals surface area contributed by atoms with Crippen LogP contribution in [0.1, 0.15) is 15.2 Å². The second-order valence-electron chi connectivity index (χ2n) is 5.50. The van der Waals surface area contributed by atoms with Gasteiger partial charge in [-0.25, -0.2) is 12.8 Å². The minimum absolute atomic E-state index is 0.141. The Balaban J connectivity index is 1.93. The predicted molar refractivity (Wildman–Crippen MR) is 94.0 cm³/mol. The molecule has 0 atom stereocenters. The number of amides is 1. The van der Waals surface area contributed by atoms with Crippen molar-refractivity contribution in [3.8, 4) is 0 Å². The van der Waals surface area contributed by atoms with Crippen LogP contribution < -0.4 is 5.32 Å². The van der Waals surface area contributed by atoms with E-state index in [1.807, 2.05) is 0 Å². The molecule has 1 heterocycles. The van der Waals surface area contributed by atoms with Crippen molar-refractivity contribution in [1.82, 2.24) is 0 Å². The minimum atomic E-state index is -3.36. The first-order chi connectivity index (χ1) is 11.2. The highest BCUT2D eigenvalue weighted by atomic mass is 32.2. The molecule has 3 aromatic rings. The normalized spacial score (nSPS) is 11.6. The zero-order valence-corrected chi connectivity index (χ0v) is 14.6. The molecule has 1 amide bonds. The van der Waals surface area contributed by atoms with Gasteiger partial charge >= 0.3 is 0 Å². The molecular weight excluding hydrogens is 349 g/mol. The highest BCUT2D eigenvalue weighted by Crippen LogP contribution is 2.28. The van der Waals surface area contributed by atoms with Gasteiger partial charge < -0.3 is 5.32 Å². The van der Waals surface area contributed by atoms with Crippen LogP contribution in [-0.4, -0.2) is 20.6 Å². The molecule has 4 nitrogen and oxygen atoms in total. The Morgan fingerprint density at radius 2 is 1.88 bits per heavy atom. The van der Waals surface area contributed by atoms with E-state index in [1.54, 1.807) is 25.1 Å². The number of halogens is 1. The third kappa shape index (κ3) is 3.32. The van der Waals surface area contributed by atoms with Gasteiger partial charge in [-0.05, 0) is 54.3 Å². The maximum absolute atomic E-state index is 13.3. The van der Waals surface area contributed by atoms with E-state index in [9.17, 15) is 17.6 Å². The lowest BCUT2D eigenvalue weighted by molar-refractivity contribution is 0.103. The second kappa shape index (κ2) is 5.99. The molecule has 0 spiro atoms. The molecule has 0 aliphatic heterocycles. The highest BCUT2D eigenvalue weighted by Gasteiger charge is 2.14. The number of benzene rings is 2. The van der Waals surface area contributed by atoms with Crippen molar-refractivity contribution in [2.24, 2.45) is 0 Å². The average Bonchev–Trinajstić information content (AvgIpc) is 2.91. The van der Waals surface area contributed by atoms with Gasteiger partial charge in [0.05, 0.1) is 9.77 Å². The van der Waals surface area contributed by atoms with Crippen LogP contribution >= 0.6 is 11.3 Å². The lowest BCUT2D eigenvalue weighted by atomic mass is 10.2. The minimum Gasteiger partial charge on any atom is -0.321 e. The number of nitrogens with one attached hydrogen (secondary N) is 1. The number of carbonyl (C=O) groups is 1. The van der Waals surface area contributed by atoms with Crippen LogP contribution in [0.15, 0.2) is 47.4 Å². The van der Waals surface area contributed by atoms with Crippen LogP contribution in [0.25, 0.3) is 10.1 Å². The monoisotopic (exact) mass is 363 g/mol. The van der Waals surface area contributed by atoms with E-state index in [0.717, 1.165) is 16.5 Å².